The van der Waals surface area contributed by atoms with Crippen molar-refractivity contribution in [3.05, 3.63) is 53.6 Å². The third kappa shape index (κ3) is 1.34. The lowest BCUT2D eigenvalue weighted by atomic mass is 9.87. The number of hydrogen-bond donors (Lipinski definition) is 1. The van der Waals surface area contributed by atoms with E-state index in [0.29, 0.717) is 6.61 Å². The third-order valence-corrected chi connectivity index (χ3v) is 3.62. The fourth-order valence-corrected chi connectivity index (χ4v) is 2.61. The number of hydrogen-bond acceptors (Lipinski definition) is 3. The first kappa shape index (κ1) is 9.97. The van der Waals surface area contributed by atoms with Crippen LogP contribution in [0.25, 0.3) is 0 Å². The van der Waals surface area contributed by atoms with Crippen LogP contribution in [-0.4, -0.2) is 11.7 Å². The largest absolute Gasteiger partial charge is 0.492 e. The Balaban J connectivity index is 1.76. The maximum Gasteiger partial charge on any atom is 0.173 e. The monoisotopic (exact) mass is 240 g/mol. The summed E-state index contributed by atoms with van der Waals surface area (Å²) in [6.45, 7) is 0.484. The Kier molecular flexibility index (Phi) is 1.94. The minimum atomic E-state index is -0.536. The number of benzene rings is 2. The predicted molar refractivity (Wildman–Crippen MR) is 66.2 cm³/mol. The number of aliphatic hydroxyl groups is 1. The van der Waals surface area contributed by atoms with Crippen LogP contribution in [0.3, 0.4) is 0 Å². The summed E-state index contributed by atoms with van der Waals surface area (Å²) < 4.78 is 11.1. The molecule has 2 aliphatic rings. The molecular formula is C15H12O3. The molecule has 2 aliphatic heterocycles. The van der Waals surface area contributed by atoms with Gasteiger partial charge in [0.2, 0.25) is 0 Å². The Bertz CT molecular complexity index is 621. The second-order valence-electron chi connectivity index (χ2n) is 4.68. The first-order valence-corrected chi connectivity index (χ1v) is 6.05. The van der Waals surface area contributed by atoms with Gasteiger partial charge in [0.15, 0.2) is 11.5 Å². The molecule has 2 aromatic rings. The zero-order chi connectivity index (χ0) is 12.1. The molecule has 0 aliphatic carbocycles. The van der Waals surface area contributed by atoms with E-state index in [9.17, 15) is 5.11 Å². The van der Waals surface area contributed by atoms with Crippen molar-refractivity contribution in [2.75, 3.05) is 6.61 Å². The molecule has 4 rings (SSSR count). The van der Waals surface area contributed by atoms with E-state index in [0.717, 1.165) is 28.4 Å². The van der Waals surface area contributed by atoms with Crippen molar-refractivity contribution >= 4 is 0 Å². The highest BCUT2D eigenvalue weighted by molar-refractivity contribution is 5.61. The Morgan fingerprint density at radius 2 is 1.72 bits per heavy atom. The molecule has 0 amide bonds. The topological polar surface area (TPSA) is 42.0 Å². The zero-order valence-electron chi connectivity index (χ0n) is 9.67. The molecule has 0 radical (unpaired) electrons. The summed E-state index contributed by atoms with van der Waals surface area (Å²) >= 11 is 0. The molecule has 0 saturated carbocycles. The van der Waals surface area contributed by atoms with Gasteiger partial charge < -0.3 is 14.6 Å². The number of para-hydroxylation sites is 2. The van der Waals surface area contributed by atoms with Gasteiger partial charge in [0.25, 0.3) is 0 Å². The van der Waals surface area contributed by atoms with E-state index in [1.165, 1.54) is 0 Å². The summed E-state index contributed by atoms with van der Waals surface area (Å²) in [6, 6.07) is 13.5. The lowest BCUT2D eigenvalue weighted by Crippen LogP contribution is -2.23. The summed E-state index contributed by atoms with van der Waals surface area (Å²) in [7, 11) is 0. The maximum atomic E-state index is 10.5. The van der Waals surface area contributed by atoms with Gasteiger partial charge in [-0.2, -0.15) is 0 Å². The minimum Gasteiger partial charge on any atom is -0.492 e. The molecule has 1 N–H and O–H groups in total. The predicted octanol–water partition coefficient (Wildman–Crippen LogP) is 3.00. The minimum absolute atomic E-state index is 0.0580. The van der Waals surface area contributed by atoms with E-state index >= 15 is 0 Å². The van der Waals surface area contributed by atoms with Crippen molar-refractivity contribution < 1.29 is 14.6 Å². The standard InChI is InChI=1S/C15H12O3/c16-14-10-4-1-2-6-12(10)17-8-11(14)9-5-3-7-13-15(9)18-13/h1-7,11,14,16H,8H2/t11-,14-/m0/s1. The fraction of sp³-hybridized carbons (Fsp3) is 0.200. The third-order valence-electron chi connectivity index (χ3n) is 3.62. The molecule has 0 spiro atoms. The van der Waals surface area contributed by atoms with Crippen LogP contribution in [0.2, 0.25) is 0 Å². The van der Waals surface area contributed by atoms with Crippen molar-refractivity contribution in [2.45, 2.75) is 12.0 Å². The first-order chi connectivity index (χ1) is 8.84. The van der Waals surface area contributed by atoms with Crippen LogP contribution in [0.1, 0.15) is 23.1 Å². The molecule has 0 unspecified atom stereocenters. The van der Waals surface area contributed by atoms with Crippen molar-refractivity contribution in [3.8, 4) is 17.2 Å². The molecule has 2 heterocycles. The van der Waals surface area contributed by atoms with Gasteiger partial charge in [-0.25, -0.2) is 0 Å². The van der Waals surface area contributed by atoms with Gasteiger partial charge in [0, 0.05) is 11.1 Å². The Morgan fingerprint density at radius 3 is 2.67 bits per heavy atom. The van der Waals surface area contributed by atoms with Crippen LogP contribution in [-0.2, 0) is 0 Å². The summed E-state index contributed by atoms with van der Waals surface area (Å²) in [4.78, 5) is 0. The highest BCUT2D eigenvalue weighted by Gasteiger charge is 2.36. The molecule has 3 nitrogen and oxygen atoms in total. The molecule has 0 bridgehead atoms. The van der Waals surface area contributed by atoms with E-state index < -0.39 is 6.10 Å². The summed E-state index contributed by atoms with van der Waals surface area (Å²) in [5.41, 5.74) is 1.89. The molecule has 90 valence electrons. The lowest BCUT2D eigenvalue weighted by molar-refractivity contribution is 0.0888. The van der Waals surface area contributed by atoms with Crippen LogP contribution in [0.4, 0.5) is 0 Å². The van der Waals surface area contributed by atoms with Crippen LogP contribution in [0.5, 0.6) is 17.2 Å². The van der Waals surface area contributed by atoms with Gasteiger partial charge in [-0.3, -0.25) is 0 Å². The molecule has 3 heteroatoms. The van der Waals surface area contributed by atoms with E-state index in [1.807, 2.05) is 42.5 Å². The van der Waals surface area contributed by atoms with E-state index in [1.54, 1.807) is 0 Å². The maximum absolute atomic E-state index is 10.5. The Hall–Kier alpha value is -2.00. The van der Waals surface area contributed by atoms with Gasteiger partial charge in [0.05, 0.1) is 18.6 Å². The average molecular weight is 240 g/mol. The lowest BCUT2D eigenvalue weighted by Gasteiger charge is -2.30. The Labute approximate surface area is 105 Å². The van der Waals surface area contributed by atoms with Crippen LogP contribution >= 0.6 is 0 Å². The highest BCUT2D eigenvalue weighted by Crippen LogP contribution is 2.53. The second kappa shape index (κ2) is 3.50. The van der Waals surface area contributed by atoms with Gasteiger partial charge in [-0.15, -0.1) is 0 Å². The molecular weight excluding hydrogens is 228 g/mol. The summed E-state index contributed by atoms with van der Waals surface area (Å²) in [5.74, 6) is 2.54. The molecule has 0 fully saturated rings. The van der Waals surface area contributed by atoms with Crippen LogP contribution in [0, 0.1) is 0 Å². The first-order valence-electron chi connectivity index (χ1n) is 6.05. The van der Waals surface area contributed by atoms with Crippen molar-refractivity contribution in [3.63, 3.8) is 0 Å². The van der Waals surface area contributed by atoms with Crippen LogP contribution < -0.4 is 9.47 Å². The van der Waals surface area contributed by atoms with Crippen molar-refractivity contribution in [2.24, 2.45) is 0 Å². The van der Waals surface area contributed by atoms with Gasteiger partial charge >= 0.3 is 0 Å². The van der Waals surface area contributed by atoms with Crippen molar-refractivity contribution in [1.82, 2.24) is 0 Å². The summed E-state index contributed by atoms with van der Waals surface area (Å²) in [6.07, 6.45) is -0.536. The number of rotatable bonds is 1. The normalized spacial score (nSPS) is 23.4. The smallest absolute Gasteiger partial charge is 0.173 e. The number of aliphatic hydroxyl groups excluding tert-OH is 1. The van der Waals surface area contributed by atoms with E-state index in [-0.39, 0.29) is 5.92 Å². The SMILES string of the molecule is O[C@H]1c2ccccc2OC[C@H]1c1cccc2c1O2. The Morgan fingerprint density at radius 1 is 0.944 bits per heavy atom. The van der Waals surface area contributed by atoms with Gasteiger partial charge in [-0.05, 0) is 12.1 Å². The van der Waals surface area contributed by atoms with E-state index in [2.05, 4.69) is 0 Å². The molecule has 2 atom stereocenters. The molecule has 18 heavy (non-hydrogen) atoms. The average Bonchev–Trinajstić information content (AvgIpc) is 3.19. The van der Waals surface area contributed by atoms with E-state index in [4.69, 9.17) is 9.47 Å². The second-order valence-corrected chi connectivity index (χ2v) is 4.68. The highest BCUT2D eigenvalue weighted by atomic mass is 16.6. The molecule has 0 aromatic heterocycles. The zero-order valence-corrected chi connectivity index (χ0v) is 9.67. The summed E-state index contributed by atoms with van der Waals surface area (Å²) in [5, 5.41) is 10.5. The number of ether oxygens (including phenoxy) is 2. The molecule has 0 saturated heterocycles. The van der Waals surface area contributed by atoms with Gasteiger partial charge in [0.1, 0.15) is 5.75 Å². The van der Waals surface area contributed by atoms with Crippen molar-refractivity contribution in [1.29, 1.82) is 0 Å². The quantitative estimate of drug-likeness (QED) is 0.665. The fourth-order valence-electron chi connectivity index (χ4n) is 2.61. The van der Waals surface area contributed by atoms with Crippen LogP contribution in [0.15, 0.2) is 42.5 Å². The number of fused-ring (bicyclic) bond motifs is 2. The molecule has 2 aromatic carbocycles. The van der Waals surface area contributed by atoms with Gasteiger partial charge in [-0.1, -0.05) is 30.3 Å².